The van der Waals surface area contributed by atoms with Crippen molar-refractivity contribution in [2.45, 2.75) is 52.0 Å². The number of fused-ring (bicyclic) bond motifs is 2. The first kappa shape index (κ1) is 16.5. The van der Waals surface area contributed by atoms with Crippen molar-refractivity contribution in [3.8, 4) is 6.07 Å². The Kier molecular flexibility index (Phi) is 4.08. The first-order chi connectivity index (χ1) is 12.6. The molecule has 0 aliphatic carbocycles. The number of aromatic nitrogens is 3. The van der Waals surface area contributed by atoms with E-state index in [1.807, 2.05) is 36.6 Å². The van der Waals surface area contributed by atoms with E-state index in [2.05, 4.69) is 16.3 Å². The number of Topliss-reactive ketones (excluding diaryl/α,β-unsaturated/α-hetero) is 1. The third kappa shape index (κ3) is 2.51. The number of ketones is 1. The summed E-state index contributed by atoms with van der Waals surface area (Å²) < 4.78 is 7.83. The number of carbonyl (C=O) groups excluding carboxylic acids is 1. The van der Waals surface area contributed by atoms with Crippen molar-refractivity contribution in [3.63, 3.8) is 0 Å². The number of hydrogen-bond donors (Lipinski definition) is 0. The van der Waals surface area contributed by atoms with Crippen LogP contribution in [0.15, 0.2) is 22.6 Å². The summed E-state index contributed by atoms with van der Waals surface area (Å²) in [5.74, 6) is 0.189. The average Bonchev–Trinajstić information content (AvgIpc) is 3.09. The molecule has 0 fully saturated rings. The molecule has 0 amide bonds. The van der Waals surface area contributed by atoms with Crippen LogP contribution in [0.5, 0.6) is 0 Å². The number of furan rings is 1. The van der Waals surface area contributed by atoms with Crippen LogP contribution in [0.3, 0.4) is 0 Å². The van der Waals surface area contributed by atoms with Crippen molar-refractivity contribution in [1.82, 2.24) is 14.8 Å². The summed E-state index contributed by atoms with van der Waals surface area (Å²) in [6.45, 7) is 4.55. The zero-order valence-electron chi connectivity index (χ0n) is 15.0. The van der Waals surface area contributed by atoms with E-state index < -0.39 is 5.92 Å². The minimum atomic E-state index is -1.01. The Bertz CT molecular complexity index is 1040. The lowest BCUT2D eigenvalue weighted by Crippen LogP contribution is -2.17. The Morgan fingerprint density at radius 2 is 2.12 bits per heavy atom. The normalized spacial score (nSPS) is 15.3. The molecule has 6 nitrogen and oxygen atoms in total. The van der Waals surface area contributed by atoms with Gasteiger partial charge in [-0.2, -0.15) is 5.26 Å². The quantitative estimate of drug-likeness (QED) is 0.671. The van der Waals surface area contributed by atoms with E-state index in [1.165, 1.54) is 0 Å². The Morgan fingerprint density at radius 1 is 1.27 bits per heavy atom. The third-order valence-corrected chi connectivity index (χ3v) is 5.17. The second-order valence-corrected chi connectivity index (χ2v) is 6.87. The zero-order valence-corrected chi connectivity index (χ0v) is 15.0. The molecular formula is C20H20N4O2. The van der Waals surface area contributed by atoms with E-state index in [4.69, 9.17) is 4.42 Å². The van der Waals surface area contributed by atoms with E-state index in [-0.39, 0.29) is 11.5 Å². The SMILES string of the molecule is Cc1c(C(=O)[C@@H](C#N)c2nnc3n2CCCCC3)oc2c(C)cccc12. The van der Waals surface area contributed by atoms with Crippen molar-refractivity contribution < 1.29 is 9.21 Å². The first-order valence-electron chi connectivity index (χ1n) is 8.96. The molecule has 0 N–H and O–H groups in total. The van der Waals surface area contributed by atoms with Crippen LogP contribution in [-0.4, -0.2) is 20.5 Å². The zero-order chi connectivity index (χ0) is 18.3. The second-order valence-electron chi connectivity index (χ2n) is 6.87. The molecule has 0 spiro atoms. The van der Waals surface area contributed by atoms with Crippen molar-refractivity contribution in [1.29, 1.82) is 5.26 Å². The van der Waals surface area contributed by atoms with Gasteiger partial charge in [-0.15, -0.1) is 10.2 Å². The largest absolute Gasteiger partial charge is 0.452 e. The molecule has 1 aliphatic heterocycles. The van der Waals surface area contributed by atoms with Gasteiger partial charge >= 0.3 is 0 Å². The summed E-state index contributed by atoms with van der Waals surface area (Å²) in [5, 5.41) is 19.0. The molecule has 1 aliphatic rings. The van der Waals surface area contributed by atoms with Gasteiger partial charge in [-0.25, -0.2) is 0 Å². The number of nitrogens with zero attached hydrogens (tertiary/aromatic N) is 4. The van der Waals surface area contributed by atoms with Gasteiger partial charge < -0.3 is 8.98 Å². The van der Waals surface area contributed by atoms with Gasteiger partial charge in [0.25, 0.3) is 0 Å². The fourth-order valence-corrected chi connectivity index (χ4v) is 3.71. The standard InChI is InChI=1S/C20H20N4O2/c1-12-7-6-8-14-13(2)19(26-18(12)14)17(25)15(11-21)20-23-22-16-9-4-3-5-10-24(16)20/h6-8,15H,3-5,9-10H2,1-2H3/t15-/m1/s1. The van der Waals surface area contributed by atoms with E-state index in [9.17, 15) is 10.1 Å². The number of nitriles is 1. The highest BCUT2D eigenvalue weighted by Gasteiger charge is 2.32. The Balaban J connectivity index is 1.78. The molecule has 0 radical (unpaired) electrons. The predicted octanol–water partition coefficient (Wildman–Crippen LogP) is 3.86. The molecule has 26 heavy (non-hydrogen) atoms. The molecule has 0 bridgehead atoms. The van der Waals surface area contributed by atoms with Crippen molar-refractivity contribution in [2.24, 2.45) is 0 Å². The molecule has 4 rings (SSSR count). The fourth-order valence-electron chi connectivity index (χ4n) is 3.71. The Labute approximate surface area is 151 Å². The Hall–Kier alpha value is -2.94. The van der Waals surface area contributed by atoms with Crippen LogP contribution in [0, 0.1) is 25.2 Å². The van der Waals surface area contributed by atoms with Gasteiger partial charge in [0.1, 0.15) is 11.4 Å². The minimum absolute atomic E-state index is 0.242. The molecule has 1 aromatic carbocycles. The molecule has 3 aromatic rings. The summed E-state index contributed by atoms with van der Waals surface area (Å²) >= 11 is 0. The maximum absolute atomic E-state index is 13.2. The number of carbonyl (C=O) groups is 1. The van der Waals surface area contributed by atoms with Crippen molar-refractivity contribution in [3.05, 3.63) is 46.7 Å². The van der Waals surface area contributed by atoms with E-state index in [0.717, 1.165) is 54.6 Å². The topological polar surface area (TPSA) is 84.7 Å². The smallest absolute Gasteiger partial charge is 0.223 e. The van der Waals surface area contributed by atoms with E-state index in [1.54, 1.807) is 0 Å². The Morgan fingerprint density at radius 3 is 2.88 bits per heavy atom. The number of rotatable bonds is 3. The number of hydrogen-bond acceptors (Lipinski definition) is 5. The minimum Gasteiger partial charge on any atom is -0.452 e. The van der Waals surface area contributed by atoms with Gasteiger partial charge in [0.2, 0.25) is 5.78 Å². The van der Waals surface area contributed by atoms with Crippen LogP contribution >= 0.6 is 0 Å². The molecule has 0 saturated carbocycles. The third-order valence-electron chi connectivity index (χ3n) is 5.17. The maximum atomic E-state index is 13.2. The molecule has 132 valence electrons. The molecule has 1 atom stereocenters. The van der Waals surface area contributed by atoms with Gasteiger partial charge in [-0.05, 0) is 32.3 Å². The summed E-state index contributed by atoms with van der Waals surface area (Å²) in [4.78, 5) is 13.2. The number of aryl methyl sites for hydroxylation is 3. The molecule has 3 heterocycles. The molecular weight excluding hydrogens is 328 g/mol. The summed E-state index contributed by atoms with van der Waals surface area (Å²) in [7, 11) is 0. The maximum Gasteiger partial charge on any atom is 0.223 e. The average molecular weight is 348 g/mol. The second kappa shape index (κ2) is 6.41. The summed E-state index contributed by atoms with van der Waals surface area (Å²) in [6, 6.07) is 7.94. The van der Waals surface area contributed by atoms with Crippen LogP contribution < -0.4 is 0 Å². The lowest BCUT2D eigenvalue weighted by molar-refractivity contribution is 0.0949. The van der Waals surface area contributed by atoms with Crippen LogP contribution in [0.4, 0.5) is 0 Å². The van der Waals surface area contributed by atoms with Gasteiger partial charge in [-0.3, -0.25) is 4.79 Å². The lowest BCUT2D eigenvalue weighted by atomic mass is 9.99. The highest BCUT2D eigenvalue weighted by atomic mass is 16.3. The van der Waals surface area contributed by atoms with Crippen LogP contribution in [-0.2, 0) is 13.0 Å². The van der Waals surface area contributed by atoms with Crippen LogP contribution in [0.1, 0.15) is 58.5 Å². The van der Waals surface area contributed by atoms with E-state index in [0.29, 0.717) is 11.4 Å². The molecule has 0 unspecified atom stereocenters. The number of para-hydroxylation sites is 1. The first-order valence-corrected chi connectivity index (χ1v) is 8.96. The molecule has 0 saturated heterocycles. The summed E-state index contributed by atoms with van der Waals surface area (Å²) in [5.41, 5.74) is 2.43. The van der Waals surface area contributed by atoms with Gasteiger partial charge in [0.05, 0.1) is 6.07 Å². The van der Waals surface area contributed by atoms with Crippen LogP contribution in [0.25, 0.3) is 11.0 Å². The molecule has 2 aromatic heterocycles. The number of benzene rings is 1. The highest BCUT2D eigenvalue weighted by molar-refractivity contribution is 6.05. The van der Waals surface area contributed by atoms with Crippen molar-refractivity contribution in [2.75, 3.05) is 0 Å². The van der Waals surface area contributed by atoms with Crippen molar-refractivity contribution >= 4 is 16.8 Å². The van der Waals surface area contributed by atoms with Crippen LogP contribution in [0.2, 0.25) is 0 Å². The van der Waals surface area contributed by atoms with E-state index >= 15 is 0 Å². The fraction of sp³-hybridized carbons (Fsp3) is 0.400. The lowest BCUT2D eigenvalue weighted by Gasteiger charge is -2.10. The summed E-state index contributed by atoms with van der Waals surface area (Å²) in [6.07, 6.45) is 4.02. The molecule has 6 heteroatoms. The predicted molar refractivity (Wildman–Crippen MR) is 95.9 cm³/mol. The highest BCUT2D eigenvalue weighted by Crippen LogP contribution is 2.31. The van der Waals surface area contributed by atoms with Gasteiger partial charge in [0.15, 0.2) is 17.5 Å². The van der Waals surface area contributed by atoms with Gasteiger partial charge in [-0.1, -0.05) is 24.6 Å². The van der Waals surface area contributed by atoms with Gasteiger partial charge in [0, 0.05) is 23.9 Å². The monoisotopic (exact) mass is 348 g/mol.